The van der Waals surface area contributed by atoms with E-state index in [0.29, 0.717) is 5.56 Å². The molecule has 0 spiro atoms. The molecule has 4 aromatic carbocycles. The molecule has 5 heteroatoms. The van der Waals surface area contributed by atoms with Gasteiger partial charge < -0.3 is 0 Å². The summed E-state index contributed by atoms with van der Waals surface area (Å²) in [7, 11) is -3.78. The molecular formula is C23H18FNO2S. The van der Waals surface area contributed by atoms with E-state index in [-0.39, 0.29) is 10.7 Å². The van der Waals surface area contributed by atoms with Crippen LogP contribution in [0.2, 0.25) is 0 Å². The second-order valence-corrected chi connectivity index (χ2v) is 8.20. The normalized spacial score (nSPS) is 12.8. The first-order valence-corrected chi connectivity index (χ1v) is 10.3. The summed E-state index contributed by atoms with van der Waals surface area (Å²) in [6, 6.07) is 27.0. The molecule has 1 unspecified atom stereocenters. The molecule has 0 heterocycles. The molecule has 0 aromatic heterocycles. The number of nitrogens with one attached hydrogen (secondary N) is 1. The maximum Gasteiger partial charge on any atom is 0.241 e. The van der Waals surface area contributed by atoms with Gasteiger partial charge in [0, 0.05) is 0 Å². The maximum absolute atomic E-state index is 13.5. The fraction of sp³-hybridized carbons (Fsp3) is 0.0435. The van der Waals surface area contributed by atoms with Crippen molar-refractivity contribution in [3.8, 4) is 0 Å². The molecule has 4 aromatic rings. The highest BCUT2D eigenvalue weighted by Gasteiger charge is 2.24. The molecule has 0 saturated carbocycles. The van der Waals surface area contributed by atoms with Gasteiger partial charge in [-0.3, -0.25) is 0 Å². The van der Waals surface area contributed by atoms with E-state index in [1.807, 2.05) is 42.5 Å². The Morgan fingerprint density at radius 2 is 1.36 bits per heavy atom. The number of hydrogen-bond donors (Lipinski definition) is 1. The van der Waals surface area contributed by atoms with Crippen LogP contribution < -0.4 is 4.72 Å². The number of halogens is 1. The van der Waals surface area contributed by atoms with Gasteiger partial charge in [0.2, 0.25) is 10.0 Å². The largest absolute Gasteiger partial charge is 0.241 e. The molecule has 0 saturated heterocycles. The molecule has 1 N–H and O–H groups in total. The van der Waals surface area contributed by atoms with Crippen LogP contribution in [-0.4, -0.2) is 8.42 Å². The van der Waals surface area contributed by atoms with Crippen molar-refractivity contribution in [3.63, 3.8) is 0 Å². The highest BCUT2D eigenvalue weighted by atomic mass is 32.2. The first-order chi connectivity index (χ1) is 13.5. The fourth-order valence-corrected chi connectivity index (χ4v) is 4.52. The van der Waals surface area contributed by atoms with E-state index in [4.69, 9.17) is 0 Å². The van der Waals surface area contributed by atoms with Crippen LogP contribution in [0, 0.1) is 5.82 Å². The van der Waals surface area contributed by atoms with Gasteiger partial charge in [0.1, 0.15) is 5.82 Å². The summed E-state index contributed by atoms with van der Waals surface area (Å²) >= 11 is 0. The molecule has 0 aliphatic rings. The quantitative estimate of drug-likeness (QED) is 0.518. The molecule has 0 bridgehead atoms. The Hall–Kier alpha value is -3.02. The Morgan fingerprint density at radius 1 is 0.714 bits per heavy atom. The summed E-state index contributed by atoms with van der Waals surface area (Å²) in [4.78, 5) is 0.183. The van der Waals surface area contributed by atoms with Crippen LogP contribution >= 0.6 is 0 Å². The van der Waals surface area contributed by atoms with Crippen LogP contribution in [0.1, 0.15) is 17.2 Å². The molecule has 1 atom stereocenters. The standard InChI is InChI=1S/C23H18FNO2S/c24-19-15-13-18(14-16-19)23(25-28(26,27)20-9-2-1-3-10-20)22-12-6-8-17-7-4-5-11-21(17)22/h1-16,23,25H. The van der Waals surface area contributed by atoms with Gasteiger partial charge in [0.05, 0.1) is 10.9 Å². The summed E-state index contributed by atoms with van der Waals surface area (Å²) in [5.41, 5.74) is 1.47. The number of sulfonamides is 1. The zero-order chi connectivity index (χ0) is 19.6. The van der Waals surface area contributed by atoms with Gasteiger partial charge in [-0.25, -0.2) is 12.8 Å². The van der Waals surface area contributed by atoms with Gasteiger partial charge >= 0.3 is 0 Å². The average Bonchev–Trinajstić information content (AvgIpc) is 2.73. The fourth-order valence-electron chi connectivity index (χ4n) is 3.29. The number of fused-ring (bicyclic) bond motifs is 1. The second-order valence-electron chi connectivity index (χ2n) is 6.49. The highest BCUT2D eigenvalue weighted by Crippen LogP contribution is 2.30. The van der Waals surface area contributed by atoms with Crippen LogP contribution in [0.5, 0.6) is 0 Å². The minimum Gasteiger partial charge on any atom is -0.207 e. The predicted octanol–water partition coefficient (Wildman–Crippen LogP) is 5.05. The lowest BCUT2D eigenvalue weighted by molar-refractivity contribution is 0.572. The monoisotopic (exact) mass is 391 g/mol. The van der Waals surface area contributed by atoms with Crippen molar-refractivity contribution in [3.05, 3.63) is 114 Å². The van der Waals surface area contributed by atoms with Crippen molar-refractivity contribution in [2.24, 2.45) is 0 Å². The Bertz CT molecular complexity index is 1200. The SMILES string of the molecule is O=S(=O)(NC(c1ccc(F)cc1)c1cccc2ccccc12)c1ccccc1. The van der Waals surface area contributed by atoms with Crippen LogP contribution in [0.3, 0.4) is 0 Å². The van der Waals surface area contributed by atoms with Crippen LogP contribution in [-0.2, 0) is 10.0 Å². The summed E-state index contributed by atoms with van der Waals surface area (Å²) in [6.07, 6.45) is 0. The molecule has 4 rings (SSSR count). The third-order valence-electron chi connectivity index (χ3n) is 4.66. The van der Waals surface area contributed by atoms with E-state index in [9.17, 15) is 12.8 Å². The second kappa shape index (κ2) is 7.54. The van der Waals surface area contributed by atoms with E-state index in [1.54, 1.807) is 42.5 Å². The lowest BCUT2D eigenvalue weighted by Crippen LogP contribution is -2.29. The van der Waals surface area contributed by atoms with E-state index >= 15 is 0 Å². The molecule has 0 amide bonds. The van der Waals surface area contributed by atoms with Gasteiger partial charge in [-0.15, -0.1) is 0 Å². The smallest absolute Gasteiger partial charge is 0.207 e. The third-order valence-corrected chi connectivity index (χ3v) is 6.10. The van der Waals surface area contributed by atoms with E-state index in [1.165, 1.54) is 12.1 Å². The minimum absolute atomic E-state index is 0.183. The van der Waals surface area contributed by atoms with E-state index in [0.717, 1.165) is 16.3 Å². The lowest BCUT2D eigenvalue weighted by Gasteiger charge is -2.21. The van der Waals surface area contributed by atoms with Crippen molar-refractivity contribution in [1.29, 1.82) is 0 Å². The van der Waals surface area contributed by atoms with Crippen molar-refractivity contribution in [1.82, 2.24) is 4.72 Å². The Kier molecular flexibility index (Phi) is 4.94. The highest BCUT2D eigenvalue weighted by molar-refractivity contribution is 7.89. The van der Waals surface area contributed by atoms with Gasteiger partial charge in [-0.05, 0) is 46.2 Å². The molecular weight excluding hydrogens is 373 g/mol. The zero-order valence-corrected chi connectivity index (χ0v) is 15.7. The van der Waals surface area contributed by atoms with Gasteiger partial charge in [0.25, 0.3) is 0 Å². The summed E-state index contributed by atoms with van der Waals surface area (Å²) in [5, 5.41) is 1.95. The Balaban J connectivity index is 1.86. The van der Waals surface area contributed by atoms with Crippen molar-refractivity contribution in [2.45, 2.75) is 10.9 Å². The van der Waals surface area contributed by atoms with Crippen LogP contribution in [0.4, 0.5) is 4.39 Å². The summed E-state index contributed by atoms with van der Waals surface area (Å²) in [6.45, 7) is 0. The molecule has 3 nitrogen and oxygen atoms in total. The van der Waals surface area contributed by atoms with E-state index in [2.05, 4.69) is 4.72 Å². The predicted molar refractivity (Wildman–Crippen MR) is 109 cm³/mol. The topological polar surface area (TPSA) is 46.2 Å². The third kappa shape index (κ3) is 3.67. The van der Waals surface area contributed by atoms with Gasteiger partial charge in [-0.1, -0.05) is 72.8 Å². The van der Waals surface area contributed by atoms with Crippen molar-refractivity contribution < 1.29 is 12.8 Å². The molecule has 0 radical (unpaired) electrons. The number of rotatable bonds is 5. The maximum atomic E-state index is 13.5. The summed E-state index contributed by atoms with van der Waals surface area (Å²) < 4.78 is 42.3. The number of benzene rings is 4. The lowest BCUT2D eigenvalue weighted by atomic mass is 9.94. The molecule has 0 aliphatic heterocycles. The van der Waals surface area contributed by atoms with Crippen molar-refractivity contribution >= 4 is 20.8 Å². The van der Waals surface area contributed by atoms with Crippen molar-refractivity contribution in [2.75, 3.05) is 0 Å². The molecule has 140 valence electrons. The Morgan fingerprint density at radius 3 is 2.11 bits per heavy atom. The molecule has 0 fully saturated rings. The zero-order valence-electron chi connectivity index (χ0n) is 14.9. The number of hydrogen-bond acceptors (Lipinski definition) is 2. The Labute approximate surface area is 163 Å². The van der Waals surface area contributed by atoms with Crippen LogP contribution in [0.15, 0.2) is 102 Å². The van der Waals surface area contributed by atoms with Gasteiger partial charge in [0.15, 0.2) is 0 Å². The first-order valence-electron chi connectivity index (χ1n) is 8.85. The van der Waals surface area contributed by atoms with Gasteiger partial charge in [-0.2, -0.15) is 4.72 Å². The van der Waals surface area contributed by atoms with E-state index < -0.39 is 16.1 Å². The molecule has 0 aliphatic carbocycles. The average molecular weight is 391 g/mol. The van der Waals surface area contributed by atoms with Crippen LogP contribution in [0.25, 0.3) is 10.8 Å². The first kappa shape index (κ1) is 18.3. The molecule has 28 heavy (non-hydrogen) atoms. The minimum atomic E-state index is -3.78. The summed E-state index contributed by atoms with van der Waals surface area (Å²) in [5.74, 6) is -0.369.